The lowest BCUT2D eigenvalue weighted by Crippen LogP contribution is -2.48. The molecule has 2 rings (SSSR count). The molecule has 1 aromatic heterocycles. The van der Waals surface area contributed by atoms with Crippen molar-refractivity contribution in [1.29, 1.82) is 0 Å². The zero-order valence-corrected chi connectivity index (χ0v) is 8.25. The van der Waals surface area contributed by atoms with E-state index in [4.69, 9.17) is 5.73 Å². The molecule has 4 nitrogen and oxygen atoms in total. The van der Waals surface area contributed by atoms with Gasteiger partial charge in [0, 0.05) is 19.0 Å². The Hall–Kier alpha value is -0.900. The molecule has 0 saturated heterocycles. The molecule has 2 N–H and O–H groups in total. The van der Waals surface area contributed by atoms with Gasteiger partial charge in [-0.25, -0.2) is 4.98 Å². The average molecular weight is 180 g/mol. The largest absolute Gasteiger partial charge is 0.325 e. The van der Waals surface area contributed by atoms with Crippen molar-refractivity contribution in [3.8, 4) is 0 Å². The molecule has 4 heteroatoms. The van der Waals surface area contributed by atoms with Crippen LogP contribution in [-0.4, -0.2) is 20.3 Å². The van der Waals surface area contributed by atoms with E-state index in [1.54, 1.807) is 0 Å². The quantitative estimate of drug-likeness (QED) is 0.723. The second-order valence-electron chi connectivity index (χ2n) is 4.09. The van der Waals surface area contributed by atoms with Crippen LogP contribution in [0.15, 0.2) is 0 Å². The Bertz CT molecular complexity index is 311. The molecule has 0 amide bonds. The minimum atomic E-state index is 0.00718. The summed E-state index contributed by atoms with van der Waals surface area (Å²) in [6.45, 7) is 1.91. The standard InChI is InChI=1S/C9H16N4/c1-7-11-8(13(2)12-7)6-9(10)4-3-5-9/h3-6,10H2,1-2H3. The molecular formula is C9H16N4. The van der Waals surface area contributed by atoms with Gasteiger partial charge in [0.25, 0.3) is 0 Å². The second-order valence-corrected chi connectivity index (χ2v) is 4.09. The third kappa shape index (κ3) is 1.58. The summed E-state index contributed by atoms with van der Waals surface area (Å²) < 4.78 is 1.84. The zero-order chi connectivity index (χ0) is 9.47. The van der Waals surface area contributed by atoms with Gasteiger partial charge in [-0.1, -0.05) is 0 Å². The van der Waals surface area contributed by atoms with Crippen molar-refractivity contribution >= 4 is 0 Å². The summed E-state index contributed by atoms with van der Waals surface area (Å²) in [5.74, 6) is 1.85. The molecule has 1 aliphatic rings. The van der Waals surface area contributed by atoms with E-state index in [0.717, 1.165) is 30.9 Å². The normalized spacial score (nSPS) is 19.9. The molecule has 0 atom stereocenters. The van der Waals surface area contributed by atoms with E-state index in [9.17, 15) is 0 Å². The van der Waals surface area contributed by atoms with Gasteiger partial charge in [0.05, 0.1) is 0 Å². The van der Waals surface area contributed by atoms with E-state index in [1.165, 1.54) is 6.42 Å². The highest BCUT2D eigenvalue weighted by Crippen LogP contribution is 2.31. The van der Waals surface area contributed by atoms with Crippen LogP contribution in [0.3, 0.4) is 0 Å². The monoisotopic (exact) mass is 180 g/mol. The van der Waals surface area contributed by atoms with E-state index in [0.29, 0.717) is 0 Å². The number of nitrogens with two attached hydrogens (primary N) is 1. The van der Waals surface area contributed by atoms with Gasteiger partial charge in [-0.3, -0.25) is 4.68 Å². The highest BCUT2D eigenvalue weighted by atomic mass is 15.3. The maximum Gasteiger partial charge on any atom is 0.147 e. The van der Waals surface area contributed by atoms with Crippen molar-refractivity contribution in [2.24, 2.45) is 12.8 Å². The van der Waals surface area contributed by atoms with Gasteiger partial charge in [0.2, 0.25) is 0 Å². The Morgan fingerprint density at radius 2 is 2.23 bits per heavy atom. The summed E-state index contributed by atoms with van der Waals surface area (Å²) in [4.78, 5) is 4.35. The molecule has 1 aliphatic carbocycles. The molecule has 72 valence electrons. The lowest BCUT2D eigenvalue weighted by molar-refractivity contribution is 0.241. The molecule has 1 aromatic rings. The molecule has 0 unspecified atom stereocenters. The lowest BCUT2D eigenvalue weighted by Gasteiger charge is -2.37. The smallest absolute Gasteiger partial charge is 0.147 e. The van der Waals surface area contributed by atoms with E-state index in [1.807, 2.05) is 18.7 Å². The number of hydrogen-bond donors (Lipinski definition) is 1. The first-order chi connectivity index (χ1) is 6.09. The molecule has 0 bridgehead atoms. The number of aromatic nitrogens is 3. The van der Waals surface area contributed by atoms with Crippen LogP contribution < -0.4 is 5.73 Å². The van der Waals surface area contributed by atoms with Crippen LogP contribution >= 0.6 is 0 Å². The van der Waals surface area contributed by atoms with E-state index in [-0.39, 0.29) is 5.54 Å². The fraction of sp³-hybridized carbons (Fsp3) is 0.778. The van der Waals surface area contributed by atoms with Crippen LogP contribution in [0.4, 0.5) is 0 Å². The topological polar surface area (TPSA) is 56.7 Å². The van der Waals surface area contributed by atoms with Crippen LogP contribution in [0, 0.1) is 6.92 Å². The summed E-state index contributed by atoms with van der Waals surface area (Å²) in [5, 5.41) is 4.20. The van der Waals surface area contributed by atoms with Gasteiger partial charge in [-0.15, -0.1) is 0 Å². The molecule has 1 saturated carbocycles. The number of aryl methyl sites for hydroxylation is 2. The number of rotatable bonds is 2. The predicted molar refractivity (Wildman–Crippen MR) is 50.2 cm³/mol. The third-order valence-corrected chi connectivity index (χ3v) is 2.82. The predicted octanol–water partition coefficient (Wildman–Crippen LogP) is 0.547. The van der Waals surface area contributed by atoms with Crippen molar-refractivity contribution in [2.45, 2.75) is 38.1 Å². The van der Waals surface area contributed by atoms with Crippen LogP contribution in [0.1, 0.15) is 30.9 Å². The fourth-order valence-electron chi connectivity index (χ4n) is 1.83. The molecule has 1 heterocycles. The SMILES string of the molecule is Cc1nc(CC2(N)CCC2)n(C)n1. The van der Waals surface area contributed by atoms with Crippen molar-refractivity contribution in [3.05, 3.63) is 11.6 Å². The van der Waals surface area contributed by atoms with Gasteiger partial charge < -0.3 is 5.73 Å². The molecule has 13 heavy (non-hydrogen) atoms. The van der Waals surface area contributed by atoms with Gasteiger partial charge >= 0.3 is 0 Å². The van der Waals surface area contributed by atoms with Crippen LogP contribution in [0.5, 0.6) is 0 Å². The maximum absolute atomic E-state index is 6.13. The van der Waals surface area contributed by atoms with Crippen LogP contribution in [-0.2, 0) is 13.5 Å². The Labute approximate surface area is 78.1 Å². The first kappa shape index (κ1) is 8.69. The average Bonchev–Trinajstić information content (AvgIpc) is 2.27. The minimum absolute atomic E-state index is 0.00718. The first-order valence-electron chi connectivity index (χ1n) is 4.74. The summed E-state index contributed by atoms with van der Waals surface area (Å²) in [7, 11) is 1.93. The molecule has 0 radical (unpaired) electrons. The van der Waals surface area contributed by atoms with Gasteiger partial charge in [0.15, 0.2) is 0 Å². The molecule has 1 fully saturated rings. The summed E-state index contributed by atoms with van der Waals surface area (Å²) in [6.07, 6.45) is 4.37. The lowest BCUT2D eigenvalue weighted by atomic mass is 9.75. The summed E-state index contributed by atoms with van der Waals surface area (Å²) in [6, 6.07) is 0. The van der Waals surface area contributed by atoms with Crippen LogP contribution in [0.2, 0.25) is 0 Å². The molecule has 0 aliphatic heterocycles. The molecule has 0 aromatic carbocycles. The molecular weight excluding hydrogens is 164 g/mol. The Balaban J connectivity index is 2.12. The summed E-state index contributed by atoms with van der Waals surface area (Å²) >= 11 is 0. The Kier molecular flexibility index (Phi) is 1.87. The van der Waals surface area contributed by atoms with Gasteiger partial charge in [-0.05, 0) is 26.2 Å². The summed E-state index contributed by atoms with van der Waals surface area (Å²) in [5.41, 5.74) is 6.14. The Morgan fingerprint density at radius 3 is 2.62 bits per heavy atom. The fourth-order valence-corrected chi connectivity index (χ4v) is 1.83. The third-order valence-electron chi connectivity index (χ3n) is 2.82. The van der Waals surface area contributed by atoms with Gasteiger partial charge in [0.1, 0.15) is 11.6 Å². The van der Waals surface area contributed by atoms with Gasteiger partial charge in [-0.2, -0.15) is 5.10 Å². The van der Waals surface area contributed by atoms with E-state index in [2.05, 4.69) is 10.1 Å². The van der Waals surface area contributed by atoms with E-state index < -0.39 is 0 Å². The zero-order valence-electron chi connectivity index (χ0n) is 8.25. The van der Waals surface area contributed by atoms with Crippen molar-refractivity contribution in [2.75, 3.05) is 0 Å². The van der Waals surface area contributed by atoms with E-state index >= 15 is 0 Å². The first-order valence-corrected chi connectivity index (χ1v) is 4.74. The van der Waals surface area contributed by atoms with Crippen molar-refractivity contribution < 1.29 is 0 Å². The molecule has 0 spiro atoms. The highest BCUT2D eigenvalue weighted by Gasteiger charge is 2.33. The maximum atomic E-state index is 6.13. The number of nitrogens with zero attached hydrogens (tertiary/aromatic N) is 3. The van der Waals surface area contributed by atoms with Crippen molar-refractivity contribution in [3.63, 3.8) is 0 Å². The van der Waals surface area contributed by atoms with Crippen molar-refractivity contribution in [1.82, 2.24) is 14.8 Å². The Morgan fingerprint density at radius 1 is 1.54 bits per heavy atom. The highest BCUT2D eigenvalue weighted by molar-refractivity contribution is 5.03. The number of hydrogen-bond acceptors (Lipinski definition) is 3. The second kappa shape index (κ2) is 2.80. The minimum Gasteiger partial charge on any atom is -0.325 e. The van der Waals surface area contributed by atoms with Crippen LogP contribution in [0.25, 0.3) is 0 Å².